The number of H-pyrrole nitrogens is 1. The quantitative estimate of drug-likeness (QED) is 0.482. The average molecular weight is 403 g/mol. The number of imidazole rings is 1. The van der Waals surface area contributed by atoms with E-state index in [1.807, 2.05) is 18.2 Å². The first kappa shape index (κ1) is 18.6. The zero-order chi connectivity index (χ0) is 19.9. The Kier molecular flexibility index (Phi) is 4.45. The van der Waals surface area contributed by atoms with E-state index in [0.717, 1.165) is 38.9 Å². The van der Waals surface area contributed by atoms with Gasteiger partial charge in [-0.15, -0.1) is 11.3 Å². The molecule has 28 heavy (non-hydrogen) atoms. The standard InChI is InChI=1S/C19H16F3N5S/c20-19(21,22)16-8-28-17(27-16)11-1-3-12(4-2-11)18(24,9-23)13-5-6-14-15(7-13)26-10-25-14/h1-8,10H,9,23-24H2,(H,25,26). The summed E-state index contributed by atoms with van der Waals surface area (Å²) in [6, 6.07) is 12.6. The molecule has 4 rings (SSSR count). The first-order valence-electron chi connectivity index (χ1n) is 8.37. The molecule has 144 valence electrons. The fourth-order valence-electron chi connectivity index (χ4n) is 3.06. The number of halogens is 3. The molecule has 0 aliphatic carbocycles. The average Bonchev–Trinajstić information content (AvgIpc) is 3.36. The second kappa shape index (κ2) is 6.69. The molecule has 2 aromatic heterocycles. The van der Waals surface area contributed by atoms with Crippen LogP contribution in [-0.2, 0) is 11.7 Å². The van der Waals surface area contributed by atoms with Gasteiger partial charge in [-0.05, 0) is 23.3 Å². The summed E-state index contributed by atoms with van der Waals surface area (Å²) in [4.78, 5) is 10.9. The van der Waals surface area contributed by atoms with Gasteiger partial charge in [-0.1, -0.05) is 30.3 Å². The predicted molar refractivity (Wildman–Crippen MR) is 103 cm³/mol. The number of rotatable bonds is 4. The van der Waals surface area contributed by atoms with Gasteiger partial charge in [-0.3, -0.25) is 0 Å². The normalized spacial score (nSPS) is 14.3. The van der Waals surface area contributed by atoms with Crippen LogP contribution in [0.3, 0.4) is 0 Å². The van der Waals surface area contributed by atoms with E-state index >= 15 is 0 Å². The Labute approximate surface area is 162 Å². The van der Waals surface area contributed by atoms with Crippen molar-refractivity contribution >= 4 is 22.4 Å². The van der Waals surface area contributed by atoms with Crippen LogP contribution in [-0.4, -0.2) is 21.5 Å². The van der Waals surface area contributed by atoms with Crippen molar-refractivity contribution in [2.75, 3.05) is 6.54 Å². The van der Waals surface area contributed by atoms with Gasteiger partial charge in [-0.25, -0.2) is 9.97 Å². The maximum absolute atomic E-state index is 12.8. The topological polar surface area (TPSA) is 93.6 Å². The molecule has 9 heteroatoms. The van der Waals surface area contributed by atoms with Crippen LogP contribution in [0.2, 0.25) is 0 Å². The van der Waals surface area contributed by atoms with Gasteiger partial charge in [0.05, 0.1) is 22.9 Å². The molecule has 0 saturated carbocycles. The molecule has 0 amide bonds. The number of nitrogens with zero attached hydrogens (tertiary/aromatic N) is 2. The number of alkyl halides is 3. The molecule has 1 unspecified atom stereocenters. The lowest BCUT2D eigenvalue weighted by Crippen LogP contribution is -2.45. The van der Waals surface area contributed by atoms with Crippen molar-refractivity contribution in [3.63, 3.8) is 0 Å². The second-order valence-corrected chi connectivity index (χ2v) is 7.28. The minimum atomic E-state index is -4.45. The van der Waals surface area contributed by atoms with E-state index in [1.165, 1.54) is 0 Å². The van der Waals surface area contributed by atoms with Crippen LogP contribution >= 0.6 is 11.3 Å². The largest absolute Gasteiger partial charge is 0.434 e. The van der Waals surface area contributed by atoms with E-state index in [9.17, 15) is 13.2 Å². The van der Waals surface area contributed by atoms with Gasteiger partial charge in [0.25, 0.3) is 0 Å². The van der Waals surface area contributed by atoms with Crippen molar-refractivity contribution in [1.82, 2.24) is 15.0 Å². The van der Waals surface area contributed by atoms with Crippen LogP contribution < -0.4 is 11.5 Å². The highest BCUT2D eigenvalue weighted by molar-refractivity contribution is 7.13. The lowest BCUT2D eigenvalue weighted by Gasteiger charge is -2.29. The summed E-state index contributed by atoms with van der Waals surface area (Å²) in [7, 11) is 0. The van der Waals surface area contributed by atoms with E-state index in [-0.39, 0.29) is 6.54 Å². The zero-order valence-electron chi connectivity index (χ0n) is 14.5. The highest BCUT2D eigenvalue weighted by Gasteiger charge is 2.34. The number of fused-ring (bicyclic) bond motifs is 1. The molecule has 0 saturated heterocycles. The molecule has 0 aliphatic heterocycles. The number of nitrogens with one attached hydrogen (secondary N) is 1. The van der Waals surface area contributed by atoms with Gasteiger partial charge in [0.1, 0.15) is 5.01 Å². The van der Waals surface area contributed by atoms with Crippen LogP contribution in [0, 0.1) is 0 Å². The third-order valence-corrected chi connectivity index (χ3v) is 5.59. The van der Waals surface area contributed by atoms with E-state index in [0.29, 0.717) is 10.6 Å². The van der Waals surface area contributed by atoms with Crippen LogP contribution in [0.4, 0.5) is 13.2 Å². The SMILES string of the molecule is NCC(N)(c1ccc(-c2nc(C(F)(F)F)cs2)cc1)c1ccc2nc[nH]c2c1. The second-order valence-electron chi connectivity index (χ2n) is 6.42. The smallest absolute Gasteiger partial charge is 0.345 e. The Morgan fingerprint density at radius 2 is 1.75 bits per heavy atom. The fraction of sp³-hybridized carbons (Fsp3) is 0.158. The maximum atomic E-state index is 12.8. The molecule has 2 aromatic carbocycles. The minimum Gasteiger partial charge on any atom is -0.345 e. The van der Waals surface area contributed by atoms with Crippen molar-refractivity contribution in [2.45, 2.75) is 11.7 Å². The summed E-state index contributed by atoms with van der Waals surface area (Å²) in [5.41, 5.74) is 14.6. The van der Waals surface area contributed by atoms with Gasteiger partial charge >= 0.3 is 6.18 Å². The van der Waals surface area contributed by atoms with Crippen LogP contribution in [0.15, 0.2) is 54.2 Å². The third kappa shape index (κ3) is 3.17. The van der Waals surface area contributed by atoms with Gasteiger partial charge in [0.2, 0.25) is 0 Å². The Morgan fingerprint density at radius 1 is 1.04 bits per heavy atom. The number of aromatic amines is 1. The summed E-state index contributed by atoms with van der Waals surface area (Å²) in [6.45, 7) is 0.154. The highest BCUT2D eigenvalue weighted by atomic mass is 32.1. The number of nitrogens with two attached hydrogens (primary N) is 2. The van der Waals surface area contributed by atoms with Gasteiger partial charge in [0.15, 0.2) is 5.69 Å². The van der Waals surface area contributed by atoms with Crippen LogP contribution in [0.1, 0.15) is 16.8 Å². The van der Waals surface area contributed by atoms with E-state index in [2.05, 4.69) is 15.0 Å². The minimum absolute atomic E-state index is 0.154. The number of thiazole rings is 1. The first-order chi connectivity index (χ1) is 13.3. The lowest BCUT2D eigenvalue weighted by molar-refractivity contribution is -0.140. The molecule has 0 fully saturated rings. The van der Waals surface area contributed by atoms with Gasteiger partial charge in [-0.2, -0.15) is 13.2 Å². The Hall–Kier alpha value is -2.75. The summed E-state index contributed by atoms with van der Waals surface area (Å²) in [5.74, 6) is 0. The molecule has 4 aromatic rings. The molecule has 0 aliphatic rings. The van der Waals surface area contributed by atoms with E-state index in [4.69, 9.17) is 11.5 Å². The zero-order valence-corrected chi connectivity index (χ0v) is 15.3. The van der Waals surface area contributed by atoms with Crippen molar-refractivity contribution < 1.29 is 13.2 Å². The fourth-order valence-corrected chi connectivity index (χ4v) is 3.90. The molecule has 1 atom stereocenters. The first-order valence-corrected chi connectivity index (χ1v) is 9.25. The molecule has 0 bridgehead atoms. The van der Waals surface area contributed by atoms with Gasteiger partial charge < -0.3 is 16.5 Å². The molecular weight excluding hydrogens is 387 g/mol. The predicted octanol–water partition coefficient (Wildman–Crippen LogP) is 3.87. The summed E-state index contributed by atoms with van der Waals surface area (Å²) in [6.07, 6.45) is -2.85. The number of hydrogen-bond acceptors (Lipinski definition) is 5. The molecule has 0 spiro atoms. The summed E-state index contributed by atoms with van der Waals surface area (Å²) < 4.78 is 38.3. The van der Waals surface area contributed by atoms with E-state index in [1.54, 1.807) is 30.6 Å². The van der Waals surface area contributed by atoms with Crippen molar-refractivity contribution in [2.24, 2.45) is 11.5 Å². The summed E-state index contributed by atoms with van der Waals surface area (Å²) in [5, 5.41) is 1.31. The van der Waals surface area contributed by atoms with Gasteiger partial charge in [0, 0.05) is 17.5 Å². The molecule has 0 radical (unpaired) electrons. The number of hydrogen-bond donors (Lipinski definition) is 3. The van der Waals surface area contributed by atoms with Crippen LogP contribution in [0.25, 0.3) is 21.6 Å². The third-order valence-electron chi connectivity index (χ3n) is 4.70. The van der Waals surface area contributed by atoms with E-state index < -0.39 is 17.4 Å². The Morgan fingerprint density at radius 3 is 2.39 bits per heavy atom. The molecule has 2 heterocycles. The number of aromatic nitrogens is 3. The number of benzene rings is 2. The summed E-state index contributed by atoms with van der Waals surface area (Å²) >= 11 is 0.949. The maximum Gasteiger partial charge on any atom is 0.434 e. The molecular formula is C19H16F3N5S. The molecule has 5 N–H and O–H groups in total. The van der Waals surface area contributed by atoms with Crippen molar-refractivity contribution in [1.29, 1.82) is 0 Å². The Balaban J connectivity index is 1.68. The lowest BCUT2D eigenvalue weighted by atomic mass is 9.83. The van der Waals surface area contributed by atoms with Crippen molar-refractivity contribution in [3.05, 3.63) is 71.0 Å². The Bertz CT molecular complexity index is 1120. The molecule has 5 nitrogen and oxygen atoms in total. The highest BCUT2D eigenvalue weighted by Crippen LogP contribution is 2.35. The van der Waals surface area contributed by atoms with Crippen molar-refractivity contribution in [3.8, 4) is 10.6 Å². The van der Waals surface area contributed by atoms with Crippen LogP contribution in [0.5, 0.6) is 0 Å². The monoisotopic (exact) mass is 403 g/mol.